The van der Waals surface area contributed by atoms with Gasteiger partial charge in [-0.05, 0) is 44.4 Å². The molecule has 94 valence electrons. The molecule has 1 aromatic rings. The van der Waals surface area contributed by atoms with Gasteiger partial charge in [0.05, 0.1) is 6.10 Å². The topological polar surface area (TPSA) is 21.3 Å². The molecule has 1 N–H and O–H groups in total. The van der Waals surface area contributed by atoms with Crippen molar-refractivity contribution in [3.63, 3.8) is 0 Å². The molecule has 2 rings (SSSR count). The van der Waals surface area contributed by atoms with E-state index >= 15 is 0 Å². The third kappa shape index (κ3) is 3.27. The summed E-state index contributed by atoms with van der Waals surface area (Å²) in [6, 6.07) is 7.48. The largest absolute Gasteiger partial charge is 0.378 e. The maximum Gasteiger partial charge on any atom is 0.123 e. The zero-order valence-electron chi connectivity index (χ0n) is 10.4. The van der Waals surface area contributed by atoms with Gasteiger partial charge in [0.25, 0.3) is 0 Å². The minimum atomic E-state index is -0.169. The number of benzene rings is 1. The SMILES string of the molecule is CCOC1CC(NC(C)c2cccc(F)c2)C1. The maximum absolute atomic E-state index is 13.1. The molecule has 1 fully saturated rings. The molecule has 0 saturated heterocycles. The molecule has 17 heavy (non-hydrogen) atoms. The highest BCUT2D eigenvalue weighted by Crippen LogP contribution is 2.26. The van der Waals surface area contributed by atoms with Gasteiger partial charge in [-0.3, -0.25) is 0 Å². The van der Waals surface area contributed by atoms with Gasteiger partial charge < -0.3 is 10.1 Å². The van der Waals surface area contributed by atoms with Gasteiger partial charge in [-0.15, -0.1) is 0 Å². The number of halogens is 1. The Labute approximate surface area is 102 Å². The van der Waals surface area contributed by atoms with E-state index in [0.717, 1.165) is 25.0 Å². The fourth-order valence-electron chi connectivity index (χ4n) is 2.30. The Bertz CT molecular complexity index is 363. The molecule has 1 aliphatic carbocycles. The number of nitrogens with one attached hydrogen (secondary N) is 1. The summed E-state index contributed by atoms with van der Waals surface area (Å²) in [4.78, 5) is 0. The van der Waals surface area contributed by atoms with Crippen LogP contribution in [0.2, 0.25) is 0 Å². The van der Waals surface area contributed by atoms with Crippen molar-refractivity contribution < 1.29 is 9.13 Å². The molecule has 1 unspecified atom stereocenters. The summed E-state index contributed by atoms with van der Waals surface area (Å²) in [7, 11) is 0. The second kappa shape index (κ2) is 5.61. The Hall–Kier alpha value is -0.930. The number of ether oxygens (including phenoxy) is 1. The lowest BCUT2D eigenvalue weighted by molar-refractivity contribution is -0.0120. The third-order valence-corrected chi connectivity index (χ3v) is 3.33. The van der Waals surface area contributed by atoms with Gasteiger partial charge in [-0.2, -0.15) is 0 Å². The Morgan fingerprint density at radius 1 is 1.47 bits per heavy atom. The Kier molecular flexibility index (Phi) is 4.13. The fourth-order valence-corrected chi connectivity index (χ4v) is 2.30. The molecule has 2 nitrogen and oxygen atoms in total. The first-order valence-electron chi connectivity index (χ1n) is 6.32. The summed E-state index contributed by atoms with van der Waals surface area (Å²) in [5.74, 6) is -0.169. The van der Waals surface area contributed by atoms with Crippen LogP contribution in [0.15, 0.2) is 24.3 Å². The summed E-state index contributed by atoms with van der Waals surface area (Å²) in [6.07, 6.45) is 2.54. The van der Waals surface area contributed by atoms with E-state index < -0.39 is 0 Å². The molecule has 0 aliphatic heterocycles. The van der Waals surface area contributed by atoms with Crippen molar-refractivity contribution in [3.8, 4) is 0 Å². The van der Waals surface area contributed by atoms with E-state index in [1.807, 2.05) is 13.0 Å². The van der Waals surface area contributed by atoms with E-state index in [1.54, 1.807) is 12.1 Å². The first-order valence-corrected chi connectivity index (χ1v) is 6.32. The van der Waals surface area contributed by atoms with Crippen molar-refractivity contribution in [1.29, 1.82) is 0 Å². The number of hydrogen-bond donors (Lipinski definition) is 1. The van der Waals surface area contributed by atoms with Gasteiger partial charge in [-0.1, -0.05) is 12.1 Å². The van der Waals surface area contributed by atoms with Crippen LogP contribution in [0.4, 0.5) is 4.39 Å². The summed E-state index contributed by atoms with van der Waals surface area (Å²) < 4.78 is 18.6. The molecule has 0 aromatic heterocycles. The molecule has 0 spiro atoms. The molecule has 1 aromatic carbocycles. The standard InChI is InChI=1S/C14H20FNO/c1-3-17-14-8-13(9-14)16-10(2)11-5-4-6-12(15)7-11/h4-7,10,13-14,16H,3,8-9H2,1-2H3. The van der Waals surface area contributed by atoms with Crippen LogP contribution in [-0.2, 0) is 4.74 Å². The zero-order chi connectivity index (χ0) is 12.3. The molecule has 0 radical (unpaired) electrons. The van der Waals surface area contributed by atoms with Crippen molar-refractivity contribution in [2.45, 2.75) is 44.9 Å². The molecule has 0 heterocycles. The van der Waals surface area contributed by atoms with Gasteiger partial charge in [0.2, 0.25) is 0 Å². The lowest BCUT2D eigenvalue weighted by Crippen LogP contribution is -2.46. The van der Waals surface area contributed by atoms with Gasteiger partial charge >= 0.3 is 0 Å². The molecule has 1 saturated carbocycles. The lowest BCUT2D eigenvalue weighted by atomic mass is 9.88. The fraction of sp³-hybridized carbons (Fsp3) is 0.571. The quantitative estimate of drug-likeness (QED) is 0.850. The van der Waals surface area contributed by atoms with Gasteiger partial charge in [0, 0.05) is 18.7 Å². The molecule has 3 heteroatoms. The number of hydrogen-bond acceptors (Lipinski definition) is 2. The van der Waals surface area contributed by atoms with E-state index in [9.17, 15) is 4.39 Å². The molecule has 0 amide bonds. The van der Waals surface area contributed by atoms with Crippen molar-refractivity contribution in [2.75, 3.05) is 6.61 Å². The monoisotopic (exact) mass is 237 g/mol. The molecule has 0 bridgehead atoms. The van der Waals surface area contributed by atoms with Crippen LogP contribution in [0.25, 0.3) is 0 Å². The van der Waals surface area contributed by atoms with Crippen molar-refractivity contribution >= 4 is 0 Å². The lowest BCUT2D eigenvalue weighted by Gasteiger charge is -2.37. The van der Waals surface area contributed by atoms with Crippen LogP contribution in [0.1, 0.15) is 38.3 Å². The van der Waals surface area contributed by atoms with Crippen LogP contribution in [0, 0.1) is 5.82 Å². The highest BCUT2D eigenvalue weighted by molar-refractivity contribution is 5.19. The van der Waals surface area contributed by atoms with Crippen LogP contribution in [0.5, 0.6) is 0 Å². The number of rotatable bonds is 5. The average molecular weight is 237 g/mol. The van der Waals surface area contributed by atoms with Crippen LogP contribution >= 0.6 is 0 Å². The highest BCUT2D eigenvalue weighted by Gasteiger charge is 2.30. The average Bonchev–Trinajstić information content (AvgIpc) is 2.26. The third-order valence-electron chi connectivity index (χ3n) is 3.33. The van der Waals surface area contributed by atoms with Crippen LogP contribution in [-0.4, -0.2) is 18.8 Å². The van der Waals surface area contributed by atoms with Gasteiger partial charge in [-0.25, -0.2) is 4.39 Å². The first-order chi connectivity index (χ1) is 8.19. The predicted octanol–water partition coefficient (Wildman–Crippen LogP) is 3.04. The summed E-state index contributed by atoms with van der Waals surface area (Å²) in [5.41, 5.74) is 1.00. The van der Waals surface area contributed by atoms with Crippen molar-refractivity contribution in [2.24, 2.45) is 0 Å². The normalized spacial score (nSPS) is 25.4. The van der Waals surface area contributed by atoms with E-state index in [1.165, 1.54) is 6.07 Å². The second-order valence-corrected chi connectivity index (χ2v) is 4.69. The Morgan fingerprint density at radius 2 is 2.24 bits per heavy atom. The van der Waals surface area contributed by atoms with Crippen LogP contribution in [0.3, 0.4) is 0 Å². The highest BCUT2D eigenvalue weighted by atomic mass is 19.1. The van der Waals surface area contributed by atoms with Gasteiger partial charge in [0.1, 0.15) is 5.82 Å². The maximum atomic E-state index is 13.1. The van der Waals surface area contributed by atoms with E-state index in [2.05, 4.69) is 12.2 Å². The van der Waals surface area contributed by atoms with Crippen molar-refractivity contribution in [3.05, 3.63) is 35.6 Å². The minimum absolute atomic E-state index is 0.169. The molecular formula is C14H20FNO. The van der Waals surface area contributed by atoms with Crippen molar-refractivity contribution in [1.82, 2.24) is 5.32 Å². The zero-order valence-corrected chi connectivity index (χ0v) is 10.4. The predicted molar refractivity (Wildman–Crippen MR) is 66.4 cm³/mol. The smallest absolute Gasteiger partial charge is 0.123 e. The summed E-state index contributed by atoms with van der Waals surface area (Å²) >= 11 is 0. The Balaban J connectivity index is 1.80. The Morgan fingerprint density at radius 3 is 2.88 bits per heavy atom. The second-order valence-electron chi connectivity index (χ2n) is 4.69. The summed E-state index contributed by atoms with van der Waals surface area (Å²) in [5, 5.41) is 3.50. The molecule has 1 aliphatic rings. The van der Waals surface area contributed by atoms with Crippen LogP contribution < -0.4 is 5.32 Å². The molecule has 1 atom stereocenters. The van der Waals surface area contributed by atoms with E-state index in [0.29, 0.717) is 12.1 Å². The van der Waals surface area contributed by atoms with Gasteiger partial charge in [0.15, 0.2) is 0 Å². The first kappa shape index (κ1) is 12.5. The van der Waals surface area contributed by atoms with E-state index in [4.69, 9.17) is 4.74 Å². The summed E-state index contributed by atoms with van der Waals surface area (Å²) in [6.45, 7) is 4.88. The van der Waals surface area contributed by atoms with E-state index in [-0.39, 0.29) is 11.9 Å². The minimum Gasteiger partial charge on any atom is -0.378 e. The molecular weight excluding hydrogens is 217 g/mol.